The Morgan fingerprint density at radius 3 is 2.56 bits per heavy atom. The van der Waals surface area contributed by atoms with Gasteiger partial charge < -0.3 is 11.1 Å². The van der Waals surface area contributed by atoms with Gasteiger partial charge in [0.25, 0.3) is 0 Å². The highest BCUT2D eigenvalue weighted by Gasteiger charge is 2.15. The average molecular weight is 359 g/mol. The third-order valence-electron chi connectivity index (χ3n) is 3.70. The molecule has 0 fully saturated rings. The van der Waals surface area contributed by atoms with Crippen molar-refractivity contribution < 1.29 is 9.59 Å². The van der Waals surface area contributed by atoms with Gasteiger partial charge in [-0.2, -0.15) is 0 Å². The fourth-order valence-electron chi connectivity index (χ4n) is 2.66. The van der Waals surface area contributed by atoms with Crippen molar-refractivity contribution in [3.05, 3.63) is 45.8 Å². The van der Waals surface area contributed by atoms with Gasteiger partial charge in [-0.25, -0.2) is 9.78 Å². The van der Waals surface area contributed by atoms with Crippen molar-refractivity contribution in [1.82, 2.24) is 14.1 Å². The lowest BCUT2D eigenvalue weighted by atomic mass is 10.3. The van der Waals surface area contributed by atoms with E-state index in [0.29, 0.717) is 22.9 Å². The first-order valence-electron chi connectivity index (χ1n) is 7.70. The van der Waals surface area contributed by atoms with Crippen molar-refractivity contribution in [2.75, 3.05) is 5.32 Å². The molecule has 0 bridgehead atoms. The van der Waals surface area contributed by atoms with Crippen LogP contribution in [0.2, 0.25) is 0 Å². The molecule has 0 spiro atoms. The maximum atomic E-state index is 12.5. The standard InChI is InChI=1S/C16H17N5O3S/c1-2-20-11-5-3-4-6-12(11)21(16(20)24)8-14(23)19-15-18-10(9-25-15)7-13(17)22/h3-6,9H,2,7-8H2,1H3,(H2,17,22)(H,18,19,23). The molecule has 0 radical (unpaired) electrons. The molecule has 130 valence electrons. The maximum Gasteiger partial charge on any atom is 0.329 e. The largest absolute Gasteiger partial charge is 0.369 e. The summed E-state index contributed by atoms with van der Waals surface area (Å²) in [5, 5.41) is 4.68. The summed E-state index contributed by atoms with van der Waals surface area (Å²) < 4.78 is 3.06. The van der Waals surface area contributed by atoms with Crippen LogP contribution >= 0.6 is 11.3 Å². The number of rotatable bonds is 6. The normalized spacial score (nSPS) is 10.9. The minimum absolute atomic E-state index is 0.0236. The quantitative estimate of drug-likeness (QED) is 0.682. The van der Waals surface area contributed by atoms with E-state index in [2.05, 4.69) is 10.3 Å². The van der Waals surface area contributed by atoms with Crippen molar-refractivity contribution in [2.24, 2.45) is 5.73 Å². The molecule has 0 aliphatic heterocycles. The van der Waals surface area contributed by atoms with Gasteiger partial charge in [-0.05, 0) is 19.1 Å². The first-order valence-corrected chi connectivity index (χ1v) is 8.58. The van der Waals surface area contributed by atoms with Crippen LogP contribution in [0.15, 0.2) is 34.4 Å². The van der Waals surface area contributed by atoms with Crippen LogP contribution in [0.5, 0.6) is 0 Å². The van der Waals surface area contributed by atoms with Crippen molar-refractivity contribution >= 4 is 39.3 Å². The minimum Gasteiger partial charge on any atom is -0.369 e. The van der Waals surface area contributed by atoms with Crippen molar-refractivity contribution in [3.8, 4) is 0 Å². The monoisotopic (exact) mass is 359 g/mol. The van der Waals surface area contributed by atoms with E-state index in [0.717, 1.165) is 5.52 Å². The molecule has 2 heterocycles. The fourth-order valence-corrected chi connectivity index (χ4v) is 3.38. The van der Waals surface area contributed by atoms with Gasteiger partial charge in [0.1, 0.15) is 6.54 Å². The molecule has 3 N–H and O–H groups in total. The van der Waals surface area contributed by atoms with Crippen molar-refractivity contribution in [3.63, 3.8) is 0 Å². The van der Waals surface area contributed by atoms with Gasteiger partial charge in [-0.1, -0.05) is 12.1 Å². The summed E-state index contributed by atoms with van der Waals surface area (Å²) in [5.41, 5.74) is 6.90. The predicted octanol–water partition coefficient (Wildman–Crippen LogP) is 0.946. The highest BCUT2D eigenvalue weighted by Crippen LogP contribution is 2.16. The molecule has 0 saturated heterocycles. The number of thiazole rings is 1. The summed E-state index contributed by atoms with van der Waals surface area (Å²) in [7, 11) is 0. The molecule has 0 aliphatic rings. The zero-order valence-corrected chi connectivity index (χ0v) is 14.4. The number of imidazole rings is 1. The Kier molecular flexibility index (Phi) is 4.66. The summed E-state index contributed by atoms with van der Waals surface area (Å²) in [4.78, 5) is 39.8. The van der Waals surface area contributed by atoms with Gasteiger partial charge in [0.15, 0.2) is 5.13 Å². The molecule has 0 atom stereocenters. The first kappa shape index (κ1) is 16.9. The number of aromatic nitrogens is 3. The second kappa shape index (κ2) is 6.89. The number of amides is 2. The molecule has 0 saturated carbocycles. The zero-order valence-electron chi connectivity index (χ0n) is 13.6. The topological polar surface area (TPSA) is 112 Å². The number of hydrogen-bond donors (Lipinski definition) is 2. The van der Waals surface area contributed by atoms with E-state index in [1.165, 1.54) is 15.9 Å². The molecular weight excluding hydrogens is 342 g/mol. The Morgan fingerprint density at radius 2 is 1.92 bits per heavy atom. The molecule has 0 unspecified atom stereocenters. The van der Waals surface area contributed by atoms with Gasteiger partial charge in [0.05, 0.1) is 23.1 Å². The summed E-state index contributed by atoms with van der Waals surface area (Å²) >= 11 is 1.20. The number of nitrogens with one attached hydrogen (secondary N) is 1. The Hall–Kier alpha value is -2.94. The number of para-hydroxylation sites is 2. The smallest absolute Gasteiger partial charge is 0.329 e. The second-order valence-electron chi connectivity index (χ2n) is 5.44. The minimum atomic E-state index is -0.484. The van der Waals surface area contributed by atoms with Crippen LogP contribution in [-0.4, -0.2) is 25.9 Å². The molecule has 2 aromatic heterocycles. The number of anilines is 1. The van der Waals surface area contributed by atoms with Crippen LogP contribution in [0.25, 0.3) is 11.0 Å². The zero-order chi connectivity index (χ0) is 18.0. The Balaban J connectivity index is 1.81. The molecule has 0 aliphatic carbocycles. The van der Waals surface area contributed by atoms with Gasteiger partial charge in [0, 0.05) is 11.9 Å². The number of nitrogens with two attached hydrogens (primary N) is 1. The highest BCUT2D eigenvalue weighted by atomic mass is 32.1. The van der Waals surface area contributed by atoms with Gasteiger partial charge in [-0.15, -0.1) is 11.3 Å². The van der Waals surface area contributed by atoms with Gasteiger partial charge >= 0.3 is 5.69 Å². The molecule has 2 amide bonds. The van der Waals surface area contributed by atoms with E-state index in [1.807, 2.05) is 31.2 Å². The molecule has 25 heavy (non-hydrogen) atoms. The van der Waals surface area contributed by atoms with Crippen LogP contribution in [0, 0.1) is 0 Å². The Labute approximate surface area is 146 Å². The molecule has 1 aromatic carbocycles. The SMILES string of the molecule is CCn1c(=O)n(CC(=O)Nc2nc(CC(N)=O)cs2)c2ccccc21. The molecule has 3 aromatic rings. The lowest BCUT2D eigenvalue weighted by molar-refractivity contribution is -0.117. The van der Waals surface area contributed by atoms with E-state index < -0.39 is 5.91 Å². The number of fused-ring (bicyclic) bond motifs is 1. The summed E-state index contributed by atoms with van der Waals surface area (Å²) in [6.45, 7) is 2.29. The van der Waals surface area contributed by atoms with E-state index in [1.54, 1.807) is 9.95 Å². The van der Waals surface area contributed by atoms with Crippen LogP contribution < -0.4 is 16.7 Å². The summed E-state index contributed by atoms with van der Waals surface area (Å²) in [6.07, 6.45) is 0.0236. The van der Waals surface area contributed by atoms with Crippen LogP contribution in [0.1, 0.15) is 12.6 Å². The fraction of sp³-hybridized carbons (Fsp3) is 0.250. The lowest BCUT2D eigenvalue weighted by Crippen LogP contribution is -2.29. The molecule has 3 rings (SSSR count). The second-order valence-corrected chi connectivity index (χ2v) is 6.30. The van der Waals surface area contributed by atoms with Crippen LogP contribution in [0.4, 0.5) is 5.13 Å². The first-order chi connectivity index (χ1) is 12.0. The average Bonchev–Trinajstić information content (AvgIpc) is 3.10. The van der Waals surface area contributed by atoms with Gasteiger partial charge in [0.2, 0.25) is 11.8 Å². The van der Waals surface area contributed by atoms with Crippen molar-refractivity contribution in [2.45, 2.75) is 26.4 Å². The Bertz CT molecular complexity index is 1000. The predicted molar refractivity (Wildman–Crippen MR) is 95.5 cm³/mol. The summed E-state index contributed by atoms with van der Waals surface area (Å²) in [5.74, 6) is -0.844. The summed E-state index contributed by atoms with van der Waals surface area (Å²) in [6, 6.07) is 7.34. The van der Waals surface area contributed by atoms with Crippen LogP contribution in [-0.2, 0) is 29.1 Å². The number of carbonyl (C=O) groups is 2. The van der Waals surface area contributed by atoms with E-state index >= 15 is 0 Å². The molecular formula is C16H17N5O3S. The number of benzene rings is 1. The Morgan fingerprint density at radius 1 is 1.24 bits per heavy atom. The van der Waals surface area contributed by atoms with Crippen molar-refractivity contribution in [1.29, 1.82) is 0 Å². The third kappa shape index (κ3) is 3.45. The number of primary amides is 1. The number of aryl methyl sites for hydroxylation is 1. The molecule has 8 nitrogen and oxygen atoms in total. The van der Waals surface area contributed by atoms with E-state index in [9.17, 15) is 14.4 Å². The number of carbonyl (C=O) groups excluding carboxylic acids is 2. The van der Waals surface area contributed by atoms with Crippen LogP contribution in [0.3, 0.4) is 0 Å². The third-order valence-corrected chi connectivity index (χ3v) is 4.50. The van der Waals surface area contributed by atoms with E-state index in [-0.39, 0.29) is 24.6 Å². The molecule has 9 heteroatoms. The highest BCUT2D eigenvalue weighted by molar-refractivity contribution is 7.13. The van der Waals surface area contributed by atoms with Gasteiger partial charge in [-0.3, -0.25) is 18.7 Å². The lowest BCUT2D eigenvalue weighted by Gasteiger charge is -2.03. The number of nitrogens with zero attached hydrogens (tertiary/aromatic N) is 3. The van der Waals surface area contributed by atoms with E-state index in [4.69, 9.17) is 5.73 Å². The number of hydrogen-bond acceptors (Lipinski definition) is 5. The maximum absolute atomic E-state index is 12.5.